The average molecular weight is 268 g/mol. The summed E-state index contributed by atoms with van der Waals surface area (Å²) in [5.41, 5.74) is 5.98. The van der Waals surface area contributed by atoms with Crippen molar-refractivity contribution in [3.63, 3.8) is 0 Å². The highest BCUT2D eigenvalue weighted by Crippen LogP contribution is 2.25. The first kappa shape index (κ1) is 17.0. The molecule has 0 saturated carbocycles. The van der Waals surface area contributed by atoms with E-state index in [1.165, 1.54) is 64.5 Å². The normalized spacial score (nSPS) is 25.9. The highest BCUT2D eigenvalue weighted by Gasteiger charge is 2.29. The van der Waals surface area contributed by atoms with E-state index in [1.807, 2.05) is 0 Å². The van der Waals surface area contributed by atoms with Gasteiger partial charge < -0.3 is 5.73 Å². The topological polar surface area (TPSA) is 29.3 Å². The lowest BCUT2D eigenvalue weighted by atomic mass is 10.0. The van der Waals surface area contributed by atoms with Crippen molar-refractivity contribution in [2.75, 3.05) is 19.6 Å². The monoisotopic (exact) mass is 268 g/mol. The molecule has 0 aromatic carbocycles. The van der Waals surface area contributed by atoms with Crippen LogP contribution in [-0.4, -0.2) is 30.6 Å². The summed E-state index contributed by atoms with van der Waals surface area (Å²) >= 11 is 0. The molecule has 0 aromatic rings. The highest BCUT2D eigenvalue weighted by molar-refractivity contribution is 4.84. The third-order valence-corrected chi connectivity index (χ3v) is 4.95. The molecule has 3 atom stereocenters. The maximum Gasteiger partial charge on any atom is 0.0218 e. The standard InChI is InChI=1S/C17H36N2/c1-4-5-6-7-8-9-10-11-17(12-18)19-13-15(2)16(3)14-19/h15-17H,4-14,18H2,1-3H3. The highest BCUT2D eigenvalue weighted by atomic mass is 15.2. The van der Waals surface area contributed by atoms with Crippen LogP contribution in [0.25, 0.3) is 0 Å². The van der Waals surface area contributed by atoms with Crippen LogP contribution in [0.2, 0.25) is 0 Å². The summed E-state index contributed by atoms with van der Waals surface area (Å²) < 4.78 is 0. The lowest BCUT2D eigenvalue weighted by Gasteiger charge is -2.26. The summed E-state index contributed by atoms with van der Waals surface area (Å²) in [6, 6.07) is 0.642. The molecule has 1 aliphatic rings. The van der Waals surface area contributed by atoms with Crippen molar-refractivity contribution >= 4 is 0 Å². The number of unbranched alkanes of at least 4 members (excludes halogenated alkanes) is 6. The Balaban J connectivity index is 2.09. The van der Waals surface area contributed by atoms with Crippen LogP contribution in [0, 0.1) is 11.8 Å². The number of hydrogen-bond acceptors (Lipinski definition) is 2. The van der Waals surface area contributed by atoms with Gasteiger partial charge >= 0.3 is 0 Å². The summed E-state index contributed by atoms with van der Waals surface area (Å²) in [6.07, 6.45) is 11.1. The van der Waals surface area contributed by atoms with Crippen molar-refractivity contribution in [2.45, 2.75) is 78.2 Å². The van der Waals surface area contributed by atoms with Gasteiger partial charge in [0, 0.05) is 25.7 Å². The predicted molar refractivity (Wildman–Crippen MR) is 85.4 cm³/mol. The van der Waals surface area contributed by atoms with Gasteiger partial charge in [0.1, 0.15) is 0 Å². The molecular weight excluding hydrogens is 232 g/mol. The Morgan fingerprint density at radius 3 is 2.00 bits per heavy atom. The second-order valence-corrected chi connectivity index (χ2v) is 6.71. The minimum absolute atomic E-state index is 0.642. The van der Waals surface area contributed by atoms with E-state index in [-0.39, 0.29) is 0 Å². The van der Waals surface area contributed by atoms with Crippen LogP contribution in [0.3, 0.4) is 0 Å². The molecule has 0 bridgehead atoms. The first-order chi connectivity index (χ1) is 9.19. The summed E-state index contributed by atoms with van der Waals surface area (Å²) in [6.45, 7) is 10.4. The minimum Gasteiger partial charge on any atom is -0.329 e. The van der Waals surface area contributed by atoms with Crippen LogP contribution in [0.5, 0.6) is 0 Å². The SMILES string of the molecule is CCCCCCCCCC(CN)N1CC(C)C(C)C1. The Kier molecular flexibility index (Phi) is 8.72. The van der Waals surface area contributed by atoms with E-state index in [9.17, 15) is 0 Å². The first-order valence-corrected chi connectivity index (χ1v) is 8.63. The second-order valence-electron chi connectivity index (χ2n) is 6.71. The molecule has 2 N–H and O–H groups in total. The minimum atomic E-state index is 0.642. The summed E-state index contributed by atoms with van der Waals surface area (Å²) in [5.74, 6) is 1.70. The quantitative estimate of drug-likeness (QED) is 0.606. The van der Waals surface area contributed by atoms with Gasteiger partial charge in [-0.3, -0.25) is 4.90 Å². The second kappa shape index (κ2) is 9.77. The number of rotatable bonds is 10. The van der Waals surface area contributed by atoms with Gasteiger partial charge in [0.25, 0.3) is 0 Å². The molecule has 0 aromatic heterocycles. The molecule has 1 fully saturated rings. The van der Waals surface area contributed by atoms with E-state index in [1.54, 1.807) is 0 Å². The average Bonchev–Trinajstić information content (AvgIpc) is 2.73. The molecule has 1 heterocycles. The maximum atomic E-state index is 5.98. The molecule has 1 saturated heterocycles. The molecular formula is C17H36N2. The van der Waals surface area contributed by atoms with Crippen LogP contribution >= 0.6 is 0 Å². The largest absolute Gasteiger partial charge is 0.329 e. The Morgan fingerprint density at radius 1 is 0.947 bits per heavy atom. The van der Waals surface area contributed by atoms with Crippen LogP contribution < -0.4 is 5.73 Å². The molecule has 0 radical (unpaired) electrons. The van der Waals surface area contributed by atoms with Crippen molar-refractivity contribution in [1.82, 2.24) is 4.90 Å². The van der Waals surface area contributed by atoms with Crippen molar-refractivity contribution in [3.8, 4) is 0 Å². The van der Waals surface area contributed by atoms with Crippen LogP contribution in [0.4, 0.5) is 0 Å². The zero-order valence-electron chi connectivity index (χ0n) is 13.5. The zero-order valence-corrected chi connectivity index (χ0v) is 13.5. The molecule has 19 heavy (non-hydrogen) atoms. The van der Waals surface area contributed by atoms with Gasteiger partial charge in [0.15, 0.2) is 0 Å². The molecule has 0 spiro atoms. The number of hydrogen-bond donors (Lipinski definition) is 1. The van der Waals surface area contributed by atoms with Gasteiger partial charge in [-0.25, -0.2) is 0 Å². The third kappa shape index (κ3) is 6.27. The number of nitrogens with two attached hydrogens (primary N) is 1. The van der Waals surface area contributed by atoms with Gasteiger partial charge in [-0.05, 0) is 18.3 Å². The van der Waals surface area contributed by atoms with Crippen molar-refractivity contribution < 1.29 is 0 Å². The van der Waals surface area contributed by atoms with E-state index in [0.29, 0.717) is 6.04 Å². The van der Waals surface area contributed by atoms with E-state index >= 15 is 0 Å². The maximum absolute atomic E-state index is 5.98. The van der Waals surface area contributed by atoms with Crippen LogP contribution in [0.15, 0.2) is 0 Å². The molecule has 1 rings (SSSR count). The third-order valence-electron chi connectivity index (χ3n) is 4.95. The van der Waals surface area contributed by atoms with Crippen molar-refractivity contribution in [2.24, 2.45) is 17.6 Å². The smallest absolute Gasteiger partial charge is 0.0218 e. The molecule has 1 aliphatic heterocycles. The summed E-state index contributed by atoms with van der Waals surface area (Å²) in [5, 5.41) is 0. The fraction of sp³-hybridized carbons (Fsp3) is 1.00. The summed E-state index contributed by atoms with van der Waals surface area (Å²) in [7, 11) is 0. The molecule has 0 aliphatic carbocycles. The lowest BCUT2D eigenvalue weighted by Crippen LogP contribution is -2.39. The molecule has 0 amide bonds. The fourth-order valence-corrected chi connectivity index (χ4v) is 3.26. The first-order valence-electron chi connectivity index (χ1n) is 8.63. The van der Waals surface area contributed by atoms with Gasteiger partial charge in [-0.1, -0.05) is 65.7 Å². The molecule has 2 heteroatoms. The van der Waals surface area contributed by atoms with Gasteiger partial charge in [0.05, 0.1) is 0 Å². The van der Waals surface area contributed by atoms with Gasteiger partial charge in [-0.2, -0.15) is 0 Å². The molecule has 2 nitrogen and oxygen atoms in total. The number of likely N-dealkylation sites (tertiary alicyclic amines) is 1. The summed E-state index contributed by atoms with van der Waals surface area (Å²) in [4.78, 5) is 2.65. The predicted octanol–water partition coefficient (Wildman–Crippen LogP) is 4.04. The Hall–Kier alpha value is -0.0800. The van der Waals surface area contributed by atoms with E-state index in [2.05, 4.69) is 25.7 Å². The Morgan fingerprint density at radius 2 is 1.47 bits per heavy atom. The van der Waals surface area contributed by atoms with E-state index in [4.69, 9.17) is 5.73 Å². The fourth-order valence-electron chi connectivity index (χ4n) is 3.26. The molecule has 3 unspecified atom stereocenters. The van der Waals surface area contributed by atoms with Crippen LogP contribution in [0.1, 0.15) is 72.1 Å². The molecule has 114 valence electrons. The van der Waals surface area contributed by atoms with Crippen LogP contribution in [-0.2, 0) is 0 Å². The van der Waals surface area contributed by atoms with E-state index < -0.39 is 0 Å². The number of nitrogens with zero attached hydrogens (tertiary/aromatic N) is 1. The Bertz CT molecular complexity index is 207. The zero-order chi connectivity index (χ0) is 14.1. The van der Waals surface area contributed by atoms with Gasteiger partial charge in [-0.15, -0.1) is 0 Å². The lowest BCUT2D eigenvalue weighted by molar-refractivity contribution is 0.221. The Labute approximate surface area is 121 Å². The van der Waals surface area contributed by atoms with Gasteiger partial charge in [0.2, 0.25) is 0 Å². The van der Waals surface area contributed by atoms with Crippen molar-refractivity contribution in [3.05, 3.63) is 0 Å². The van der Waals surface area contributed by atoms with Crippen molar-refractivity contribution in [1.29, 1.82) is 0 Å². The van der Waals surface area contributed by atoms with E-state index in [0.717, 1.165) is 18.4 Å².